The molecule has 0 atom stereocenters. The van der Waals surface area contributed by atoms with Crippen molar-refractivity contribution < 1.29 is 4.39 Å². The Balaban J connectivity index is 2.32. The molecule has 0 amide bonds. The van der Waals surface area contributed by atoms with Gasteiger partial charge in [0.05, 0.1) is 11.6 Å². The third-order valence-corrected chi connectivity index (χ3v) is 2.54. The topological polar surface area (TPSA) is 35.8 Å². The summed E-state index contributed by atoms with van der Waals surface area (Å²) in [5.74, 6) is -0.244. The molecular formula is C14H11FN2. The molecule has 0 radical (unpaired) electrons. The SMILES string of the molecule is Cc1c(F)cccc1Nc1cccc(C#N)c1. The fraction of sp³-hybridized carbons (Fsp3) is 0.0714. The molecule has 0 bridgehead atoms. The summed E-state index contributed by atoms with van der Waals surface area (Å²) in [6.45, 7) is 1.71. The molecule has 2 aromatic carbocycles. The minimum Gasteiger partial charge on any atom is -0.355 e. The lowest BCUT2D eigenvalue weighted by molar-refractivity contribution is 0.619. The molecule has 0 unspecified atom stereocenters. The monoisotopic (exact) mass is 226 g/mol. The Labute approximate surface area is 99.3 Å². The molecule has 17 heavy (non-hydrogen) atoms. The molecule has 2 rings (SSSR count). The summed E-state index contributed by atoms with van der Waals surface area (Å²) in [6, 6.07) is 14.0. The van der Waals surface area contributed by atoms with Crippen LogP contribution in [0.25, 0.3) is 0 Å². The summed E-state index contributed by atoms with van der Waals surface area (Å²) in [5, 5.41) is 11.9. The van der Waals surface area contributed by atoms with E-state index in [1.54, 1.807) is 37.3 Å². The Kier molecular flexibility index (Phi) is 3.06. The number of halogens is 1. The first-order chi connectivity index (χ1) is 8.20. The largest absolute Gasteiger partial charge is 0.355 e. The second kappa shape index (κ2) is 4.67. The highest BCUT2D eigenvalue weighted by molar-refractivity contribution is 5.64. The van der Waals surface area contributed by atoms with E-state index in [1.165, 1.54) is 6.07 Å². The number of benzene rings is 2. The van der Waals surface area contributed by atoms with Crippen LogP contribution in [0.2, 0.25) is 0 Å². The zero-order chi connectivity index (χ0) is 12.3. The molecule has 0 aromatic heterocycles. The molecule has 0 fully saturated rings. The van der Waals surface area contributed by atoms with Gasteiger partial charge >= 0.3 is 0 Å². The molecule has 0 aliphatic carbocycles. The Hall–Kier alpha value is -2.34. The first-order valence-electron chi connectivity index (χ1n) is 5.23. The van der Waals surface area contributed by atoms with Crippen LogP contribution in [0.3, 0.4) is 0 Å². The van der Waals surface area contributed by atoms with Gasteiger partial charge in [-0.1, -0.05) is 12.1 Å². The highest BCUT2D eigenvalue weighted by atomic mass is 19.1. The van der Waals surface area contributed by atoms with E-state index in [0.29, 0.717) is 16.8 Å². The van der Waals surface area contributed by atoms with E-state index in [1.807, 2.05) is 6.07 Å². The second-order valence-electron chi connectivity index (χ2n) is 3.73. The van der Waals surface area contributed by atoms with Crippen molar-refractivity contribution in [2.24, 2.45) is 0 Å². The van der Waals surface area contributed by atoms with Crippen molar-refractivity contribution in [1.29, 1.82) is 5.26 Å². The number of hydrogen-bond donors (Lipinski definition) is 1. The molecular weight excluding hydrogens is 215 g/mol. The maximum absolute atomic E-state index is 13.3. The van der Waals surface area contributed by atoms with Gasteiger partial charge in [0.2, 0.25) is 0 Å². The lowest BCUT2D eigenvalue weighted by Crippen LogP contribution is -1.95. The predicted molar refractivity (Wildman–Crippen MR) is 65.6 cm³/mol. The van der Waals surface area contributed by atoms with Crippen LogP contribution in [0, 0.1) is 24.1 Å². The van der Waals surface area contributed by atoms with Gasteiger partial charge in [-0.2, -0.15) is 5.26 Å². The molecule has 84 valence electrons. The first kappa shape index (κ1) is 11.2. The number of hydrogen-bond acceptors (Lipinski definition) is 2. The van der Waals surface area contributed by atoms with E-state index in [-0.39, 0.29) is 5.82 Å². The summed E-state index contributed by atoms with van der Waals surface area (Å²) in [4.78, 5) is 0. The summed E-state index contributed by atoms with van der Waals surface area (Å²) in [5.41, 5.74) is 2.62. The number of anilines is 2. The van der Waals surface area contributed by atoms with E-state index < -0.39 is 0 Å². The summed E-state index contributed by atoms with van der Waals surface area (Å²) >= 11 is 0. The van der Waals surface area contributed by atoms with E-state index in [4.69, 9.17) is 5.26 Å². The number of rotatable bonds is 2. The van der Waals surface area contributed by atoms with Crippen LogP contribution in [-0.2, 0) is 0 Å². The van der Waals surface area contributed by atoms with Crippen LogP contribution in [0.1, 0.15) is 11.1 Å². The van der Waals surface area contributed by atoms with Crippen LogP contribution in [0.4, 0.5) is 15.8 Å². The number of nitrogens with one attached hydrogen (secondary N) is 1. The van der Waals surface area contributed by atoms with Gasteiger partial charge in [0.15, 0.2) is 0 Å². The smallest absolute Gasteiger partial charge is 0.128 e. The van der Waals surface area contributed by atoms with Crippen molar-refractivity contribution in [1.82, 2.24) is 0 Å². The molecule has 2 nitrogen and oxygen atoms in total. The van der Waals surface area contributed by atoms with Gasteiger partial charge < -0.3 is 5.32 Å². The molecule has 0 heterocycles. The normalized spacial score (nSPS) is 9.71. The minimum absolute atomic E-state index is 0.244. The highest BCUT2D eigenvalue weighted by Crippen LogP contribution is 2.22. The van der Waals surface area contributed by atoms with Crippen molar-refractivity contribution >= 4 is 11.4 Å². The molecule has 0 aliphatic rings. The van der Waals surface area contributed by atoms with Crippen molar-refractivity contribution in [3.05, 3.63) is 59.4 Å². The Morgan fingerprint density at radius 2 is 1.94 bits per heavy atom. The molecule has 0 spiro atoms. The van der Waals surface area contributed by atoms with Gasteiger partial charge in [0.25, 0.3) is 0 Å². The van der Waals surface area contributed by atoms with Gasteiger partial charge in [0, 0.05) is 16.9 Å². The van der Waals surface area contributed by atoms with Crippen molar-refractivity contribution in [3.63, 3.8) is 0 Å². The fourth-order valence-electron chi connectivity index (χ4n) is 1.56. The Morgan fingerprint density at radius 3 is 2.71 bits per heavy atom. The molecule has 0 saturated heterocycles. The van der Waals surface area contributed by atoms with Gasteiger partial charge in [-0.15, -0.1) is 0 Å². The van der Waals surface area contributed by atoms with Crippen LogP contribution >= 0.6 is 0 Å². The van der Waals surface area contributed by atoms with Crippen LogP contribution in [-0.4, -0.2) is 0 Å². The van der Waals surface area contributed by atoms with E-state index in [9.17, 15) is 4.39 Å². The zero-order valence-corrected chi connectivity index (χ0v) is 9.37. The third-order valence-electron chi connectivity index (χ3n) is 2.54. The number of nitriles is 1. The predicted octanol–water partition coefficient (Wildman–Crippen LogP) is 3.75. The van der Waals surface area contributed by atoms with Gasteiger partial charge in [0.1, 0.15) is 5.82 Å². The molecule has 1 N–H and O–H groups in total. The van der Waals surface area contributed by atoms with Crippen LogP contribution < -0.4 is 5.32 Å². The van der Waals surface area contributed by atoms with Crippen molar-refractivity contribution in [2.75, 3.05) is 5.32 Å². The van der Waals surface area contributed by atoms with Gasteiger partial charge in [-0.25, -0.2) is 4.39 Å². The maximum atomic E-state index is 13.3. The molecule has 0 saturated carbocycles. The van der Waals surface area contributed by atoms with E-state index >= 15 is 0 Å². The first-order valence-corrected chi connectivity index (χ1v) is 5.23. The number of nitrogens with zero attached hydrogens (tertiary/aromatic N) is 1. The second-order valence-corrected chi connectivity index (χ2v) is 3.73. The van der Waals surface area contributed by atoms with Gasteiger partial charge in [-0.3, -0.25) is 0 Å². The minimum atomic E-state index is -0.244. The zero-order valence-electron chi connectivity index (χ0n) is 9.37. The average Bonchev–Trinajstić information content (AvgIpc) is 2.35. The summed E-state index contributed by atoms with van der Waals surface area (Å²) in [6.07, 6.45) is 0. The van der Waals surface area contributed by atoms with Crippen LogP contribution in [0.5, 0.6) is 0 Å². The van der Waals surface area contributed by atoms with E-state index in [2.05, 4.69) is 11.4 Å². The standard InChI is InChI=1S/C14H11FN2/c1-10-13(15)6-3-7-14(10)17-12-5-2-4-11(8-12)9-16/h2-8,17H,1H3. The fourth-order valence-corrected chi connectivity index (χ4v) is 1.56. The molecule has 2 aromatic rings. The quantitative estimate of drug-likeness (QED) is 0.846. The maximum Gasteiger partial charge on any atom is 0.128 e. The Morgan fingerprint density at radius 1 is 1.18 bits per heavy atom. The average molecular weight is 226 g/mol. The highest BCUT2D eigenvalue weighted by Gasteiger charge is 2.03. The van der Waals surface area contributed by atoms with Gasteiger partial charge in [-0.05, 0) is 37.3 Å². The molecule has 3 heteroatoms. The summed E-state index contributed by atoms with van der Waals surface area (Å²) in [7, 11) is 0. The third kappa shape index (κ3) is 2.43. The molecule has 0 aliphatic heterocycles. The van der Waals surface area contributed by atoms with Crippen molar-refractivity contribution in [2.45, 2.75) is 6.92 Å². The van der Waals surface area contributed by atoms with Crippen molar-refractivity contribution in [3.8, 4) is 6.07 Å². The lowest BCUT2D eigenvalue weighted by Gasteiger charge is -2.10. The van der Waals surface area contributed by atoms with E-state index in [0.717, 1.165) is 5.69 Å². The lowest BCUT2D eigenvalue weighted by atomic mass is 10.1. The Bertz CT molecular complexity index is 585. The van der Waals surface area contributed by atoms with Crippen LogP contribution in [0.15, 0.2) is 42.5 Å². The summed E-state index contributed by atoms with van der Waals surface area (Å²) < 4.78 is 13.3.